The number of hydrogen-bond acceptors (Lipinski definition) is 3. The normalized spacial score (nSPS) is 41.6. The third-order valence-corrected chi connectivity index (χ3v) is 3.12. The summed E-state index contributed by atoms with van der Waals surface area (Å²) in [5, 5.41) is 9.92. The Morgan fingerprint density at radius 3 is 3.00 bits per heavy atom. The van der Waals surface area contributed by atoms with Crippen LogP contribution in [0.3, 0.4) is 0 Å². The molecule has 0 aliphatic carbocycles. The lowest BCUT2D eigenvalue weighted by molar-refractivity contribution is -0.138. The fourth-order valence-electron chi connectivity index (χ4n) is 2.40. The highest BCUT2D eigenvalue weighted by Crippen LogP contribution is 2.35. The molecule has 2 atom stereocenters. The Morgan fingerprint density at radius 1 is 1.58 bits per heavy atom. The van der Waals surface area contributed by atoms with E-state index in [9.17, 15) is 9.90 Å². The third kappa shape index (κ3) is 0.881. The summed E-state index contributed by atoms with van der Waals surface area (Å²) in [5.41, 5.74) is 3.93. The number of amides is 1. The van der Waals surface area contributed by atoms with E-state index in [0.717, 1.165) is 25.9 Å². The topological polar surface area (TPSA) is 66.6 Å². The summed E-state index contributed by atoms with van der Waals surface area (Å²) in [5.74, 6) is -0.558. The molecule has 3 N–H and O–H groups in total. The fraction of sp³-hybridized carbons (Fsp3) is 0.875. The van der Waals surface area contributed by atoms with E-state index >= 15 is 0 Å². The number of carbonyl (C=O) groups is 1. The van der Waals surface area contributed by atoms with E-state index in [2.05, 4.69) is 4.90 Å². The molecule has 0 aromatic heterocycles. The van der Waals surface area contributed by atoms with Crippen LogP contribution < -0.4 is 5.73 Å². The molecule has 12 heavy (non-hydrogen) atoms. The van der Waals surface area contributed by atoms with Gasteiger partial charge in [0.25, 0.3) is 5.91 Å². The molecule has 2 aliphatic rings. The van der Waals surface area contributed by atoms with Gasteiger partial charge in [-0.05, 0) is 25.8 Å². The Kier molecular flexibility index (Phi) is 1.63. The van der Waals surface area contributed by atoms with E-state index in [-0.39, 0.29) is 6.04 Å². The maximum atomic E-state index is 11.0. The van der Waals surface area contributed by atoms with Crippen LogP contribution in [0.4, 0.5) is 0 Å². The summed E-state index contributed by atoms with van der Waals surface area (Å²) in [4.78, 5) is 13.2. The minimum Gasteiger partial charge on any atom is -0.378 e. The Labute approximate surface area is 71.3 Å². The van der Waals surface area contributed by atoms with E-state index in [1.54, 1.807) is 0 Å². The molecule has 4 nitrogen and oxygen atoms in total. The average molecular weight is 170 g/mol. The quantitative estimate of drug-likeness (QED) is 0.534. The van der Waals surface area contributed by atoms with Crippen molar-refractivity contribution in [2.45, 2.75) is 30.9 Å². The smallest absolute Gasteiger partial charge is 0.251 e. The van der Waals surface area contributed by atoms with Crippen LogP contribution >= 0.6 is 0 Å². The Morgan fingerprint density at radius 2 is 2.33 bits per heavy atom. The molecule has 2 heterocycles. The first kappa shape index (κ1) is 8.01. The summed E-state index contributed by atoms with van der Waals surface area (Å²) in [7, 11) is 0. The molecule has 0 saturated carbocycles. The molecule has 0 aromatic carbocycles. The Balaban J connectivity index is 2.22. The predicted octanol–water partition coefficient (Wildman–Crippen LogP) is -0.929. The molecule has 4 heteroatoms. The summed E-state index contributed by atoms with van der Waals surface area (Å²) in [6.07, 6.45) is 2.48. The van der Waals surface area contributed by atoms with Crippen LogP contribution in [-0.2, 0) is 4.79 Å². The minimum atomic E-state index is -1.24. The van der Waals surface area contributed by atoms with E-state index in [4.69, 9.17) is 5.73 Å². The number of aliphatic hydroxyl groups is 1. The van der Waals surface area contributed by atoms with Crippen LogP contribution in [-0.4, -0.2) is 40.6 Å². The van der Waals surface area contributed by atoms with E-state index in [1.807, 2.05) is 0 Å². The summed E-state index contributed by atoms with van der Waals surface area (Å²) in [6, 6.07) is -0.00463. The van der Waals surface area contributed by atoms with E-state index in [1.165, 1.54) is 0 Å². The number of nitrogens with two attached hydrogens (primary N) is 1. The van der Waals surface area contributed by atoms with Crippen molar-refractivity contribution in [2.75, 3.05) is 13.1 Å². The number of rotatable bonds is 1. The first-order valence-electron chi connectivity index (χ1n) is 4.41. The van der Waals surface area contributed by atoms with Gasteiger partial charge in [-0.1, -0.05) is 0 Å². The molecule has 2 fully saturated rings. The summed E-state index contributed by atoms with van der Waals surface area (Å²) in [6.45, 7) is 1.81. The Bertz CT molecular complexity index is 219. The van der Waals surface area contributed by atoms with Gasteiger partial charge in [0, 0.05) is 12.6 Å². The second-order valence-corrected chi connectivity index (χ2v) is 3.73. The molecule has 0 aromatic rings. The second kappa shape index (κ2) is 2.44. The van der Waals surface area contributed by atoms with Crippen molar-refractivity contribution in [3.05, 3.63) is 0 Å². The molecular formula is C8H14N2O2. The second-order valence-electron chi connectivity index (χ2n) is 3.73. The number of carbonyl (C=O) groups excluding carboxylic acids is 1. The monoisotopic (exact) mass is 170 g/mol. The van der Waals surface area contributed by atoms with E-state index < -0.39 is 11.5 Å². The largest absolute Gasteiger partial charge is 0.378 e. The molecule has 0 radical (unpaired) electrons. The van der Waals surface area contributed by atoms with Gasteiger partial charge in [-0.2, -0.15) is 0 Å². The molecule has 68 valence electrons. The first-order valence-corrected chi connectivity index (χ1v) is 4.41. The van der Waals surface area contributed by atoms with Crippen molar-refractivity contribution in [2.24, 2.45) is 5.73 Å². The highest BCUT2D eigenvalue weighted by Gasteiger charge is 2.51. The zero-order chi connectivity index (χ0) is 8.77. The van der Waals surface area contributed by atoms with Gasteiger partial charge in [0.1, 0.15) is 0 Å². The summed E-state index contributed by atoms with van der Waals surface area (Å²) < 4.78 is 0. The number of primary amides is 1. The predicted molar refractivity (Wildman–Crippen MR) is 43.4 cm³/mol. The Hall–Kier alpha value is -0.610. The zero-order valence-electron chi connectivity index (χ0n) is 6.99. The standard InChI is InChI=1S/C8H14N2O2/c9-7(11)8(12)3-5-10-4-1-2-6(8)10/h6,12H,1-5H2,(H2,9,11). The van der Waals surface area contributed by atoms with Crippen LogP contribution in [0.5, 0.6) is 0 Å². The molecule has 1 amide bonds. The van der Waals surface area contributed by atoms with Gasteiger partial charge < -0.3 is 10.8 Å². The van der Waals surface area contributed by atoms with Crippen molar-refractivity contribution in [1.82, 2.24) is 4.90 Å². The van der Waals surface area contributed by atoms with Crippen molar-refractivity contribution >= 4 is 5.91 Å². The van der Waals surface area contributed by atoms with Gasteiger partial charge in [0.2, 0.25) is 0 Å². The molecule has 2 saturated heterocycles. The molecular weight excluding hydrogens is 156 g/mol. The lowest BCUT2D eigenvalue weighted by atomic mass is 9.92. The molecule has 2 unspecified atom stereocenters. The van der Waals surface area contributed by atoms with Gasteiger partial charge >= 0.3 is 0 Å². The van der Waals surface area contributed by atoms with Crippen LogP contribution in [0.25, 0.3) is 0 Å². The highest BCUT2D eigenvalue weighted by molar-refractivity contribution is 5.84. The fourth-order valence-corrected chi connectivity index (χ4v) is 2.40. The van der Waals surface area contributed by atoms with E-state index in [0.29, 0.717) is 6.42 Å². The van der Waals surface area contributed by atoms with Crippen LogP contribution in [0.1, 0.15) is 19.3 Å². The van der Waals surface area contributed by atoms with Gasteiger partial charge in [-0.15, -0.1) is 0 Å². The van der Waals surface area contributed by atoms with Crippen LogP contribution in [0.2, 0.25) is 0 Å². The van der Waals surface area contributed by atoms with Gasteiger partial charge in [0.05, 0.1) is 0 Å². The van der Waals surface area contributed by atoms with Crippen molar-refractivity contribution in [3.8, 4) is 0 Å². The minimum absolute atomic E-state index is 0.00463. The highest BCUT2D eigenvalue weighted by atomic mass is 16.3. The third-order valence-electron chi connectivity index (χ3n) is 3.12. The summed E-state index contributed by atoms with van der Waals surface area (Å²) >= 11 is 0. The molecule has 0 spiro atoms. The lowest BCUT2D eigenvalue weighted by Crippen LogP contribution is -2.51. The number of nitrogens with zero attached hydrogens (tertiary/aromatic N) is 1. The molecule has 2 rings (SSSR count). The van der Waals surface area contributed by atoms with Gasteiger partial charge in [-0.25, -0.2) is 0 Å². The van der Waals surface area contributed by atoms with Gasteiger partial charge in [0.15, 0.2) is 5.60 Å². The maximum Gasteiger partial charge on any atom is 0.251 e. The lowest BCUT2D eigenvalue weighted by Gasteiger charge is -2.26. The van der Waals surface area contributed by atoms with Crippen molar-refractivity contribution in [3.63, 3.8) is 0 Å². The van der Waals surface area contributed by atoms with Crippen LogP contribution in [0.15, 0.2) is 0 Å². The van der Waals surface area contributed by atoms with Gasteiger partial charge in [-0.3, -0.25) is 9.69 Å². The first-order chi connectivity index (χ1) is 5.64. The van der Waals surface area contributed by atoms with Crippen molar-refractivity contribution in [1.29, 1.82) is 0 Å². The average Bonchev–Trinajstić information content (AvgIpc) is 2.54. The van der Waals surface area contributed by atoms with Crippen molar-refractivity contribution < 1.29 is 9.90 Å². The zero-order valence-corrected chi connectivity index (χ0v) is 6.99. The SMILES string of the molecule is NC(=O)C1(O)CCN2CCCC21. The molecule has 2 aliphatic heterocycles. The number of fused-ring (bicyclic) bond motifs is 1. The maximum absolute atomic E-state index is 11.0. The molecule has 0 bridgehead atoms. The number of hydrogen-bond donors (Lipinski definition) is 2. The van der Waals surface area contributed by atoms with Crippen LogP contribution in [0, 0.1) is 0 Å².